The number of benzene rings is 1. The normalized spacial score (nSPS) is 21.1. The second kappa shape index (κ2) is 4.14. The van der Waals surface area contributed by atoms with Gasteiger partial charge in [0.25, 0.3) is 0 Å². The molecular formula is C13H18O. The molecule has 1 aliphatic rings. The summed E-state index contributed by atoms with van der Waals surface area (Å²) in [6, 6.07) is 8.46. The van der Waals surface area contributed by atoms with E-state index in [9.17, 15) is 5.11 Å². The van der Waals surface area contributed by atoms with Crippen LogP contribution in [-0.2, 0) is 6.42 Å². The second-order valence-corrected chi connectivity index (χ2v) is 4.22. The molecule has 0 saturated heterocycles. The SMILES string of the molecule is CCCCC(O)C1Cc2ccccc21. The third-order valence-electron chi connectivity index (χ3n) is 3.21. The van der Waals surface area contributed by atoms with E-state index in [-0.39, 0.29) is 6.10 Å². The van der Waals surface area contributed by atoms with Gasteiger partial charge < -0.3 is 5.11 Å². The zero-order valence-electron chi connectivity index (χ0n) is 8.74. The molecule has 0 aliphatic heterocycles. The maximum absolute atomic E-state index is 9.95. The Morgan fingerprint density at radius 1 is 1.43 bits per heavy atom. The first-order valence-corrected chi connectivity index (χ1v) is 5.58. The van der Waals surface area contributed by atoms with E-state index in [2.05, 4.69) is 31.2 Å². The van der Waals surface area contributed by atoms with Crippen LogP contribution in [0.5, 0.6) is 0 Å². The molecule has 0 heterocycles. The van der Waals surface area contributed by atoms with Crippen molar-refractivity contribution in [3.05, 3.63) is 35.4 Å². The number of rotatable bonds is 4. The van der Waals surface area contributed by atoms with Crippen molar-refractivity contribution >= 4 is 0 Å². The minimum Gasteiger partial charge on any atom is -0.392 e. The van der Waals surface area contributed by atoms with Crippen molar-refractivity contribution in [3.63, 3.8) is 0 Å². The number of fused-ring (bicyclic) bond motifs is 1. The van der Waals surface area contributed by atoms with Gasteiger partial charge in [-0.1, -0.05) is 44.0 Å². The molecule has 0 saturated carbocycles. The highest BCUT2D eigenvalue weighted by Gasteiger charge is 2.30. The molecule has 1 aromatic carbocycles. The molecule has 0 amide bonds. The highest BCUT2D eigenvalue weighted by Crippen LogP contribution is 2.38. The van der Waals surface area contributed by atoms with Crippen molar-refractivity contribution < 1.29 is 5.11 Å². The van der Waals surface area contributed by atoms with Gasteiger partial charge in [-0.3, -0.25) is 0 Å². The average Bonchev–Trinajstić information content (AvgIpc) is 2.17. The first-order chi connectivity index (χ1) is 6.83. The van der Waals surface area contributed by atoms with Gasteiger partial charge in [0, 0.05) is 5.92 Å². The standard InChI is InChI=1S/C13H18O/c1-2-3-8-13(14)12-9-10-6-4-5-7-11(10)12/h4-7,12-14H,2-3,8-9H2,1H3. The van der Waals surface area contributed by atoms with Crippen LogP contribution in [0.4, 0.5) is 0 Å². The monoisotopic (exact) mass is 190 g/mol. The summed E-state index contributed by atoms with van der Waals surface area (Å²) in [5, 5.41) is 9.95. The van der Waals surface area contributed by atoms with Crippen LogP contribution in [0.15, 0.2) is 24.3 Å². The Balaban J connectivity index is 1.97. The minimum absolute atomic E-state index is 0.121. The van der Waals surface area contributed by atoms with Crippen molar-refractivity contribution in [2.24, 2.45) is 0 Å². The summed E-state index contributed by atoms with van der Waals surface area (Å²) in [6.07, 6.45) is 4.21. The van der Waals surface area contributed by atoms with Gasteiger partial charge in [-0.05, 0) is 24.0 Å². The Hall–Kier alpha value is -0.820. The van der Waals surface area contributed by atoms with Crippen LogP contribution in [0.2, 0.25) is 0 Å². The Morgan fingerprint density at radius 2 is 2.21 bits per heavy atom. The summed E-state index contributed by atoms with van der Waals surface area (Å²) in [7, 11) is 0. The Morgan fingerprint density at radius 3 is 2.93 bits per heavy atom. The van der Waals surface area contributed by atoms with Gasteiger partial charge in [-0.25, -0.2) is 0 Å². The summed E-state index contributed by atoms with van der Waals surface area (Å²) >= 11 is 0. The van der Waals surface area contributed by atoms with E-state index < -0.39 is 0 Å². The van der Waals surface area contributed by atoms with Gasteiger partial charge in [0.1, 0.15) is 0 Å². The molecular weight excluding hydrogens is 172 g/mol. The summed E-state index contributed by atoms with van der Waals surface area (Å²) < 4.78 is 0. The predicted octanol–water partition coefficient (Wildman–Crippen LogP) is 2.88. The quantitative estimate of drug-likeness (QED) is 0.774. The van der Waals surface area contributed by atoms with Gasteiger partial charge in [0.15, 0.2) is 0 Å². The lowest BCUT2D eigenvalue weighted by Crippen LogP contribution is -2.28. The van der Waals surface area contributed by atoms with Crippen LogP contribution >= 0.6 is 0 Å². The predicted molar refractivity (Wildman–Crippen MR) is 58.4 cm³/mol. The van der Waals surface area contributed by atoms with Crippen LogP contribution in [0.1, 0.15) is 43.2 Å². The molecule has 2 rings (SSSR count). The molecule has 0 fully saturated rings. The fourth-order valence-corrected chi connectivity index (χ4v) is 2.26. The Kier molecular flexibility index (Phi) is 2.87. The molecule has 1 aromatic rings. The molecule has 0 spiro atoms. The topological polar surface area (TPSA) is 20.2 Å². The van der Waals surface area contributed by atoms with Crippen LogP contribution in [0.25, 0.3) is 0 Å². The molecule has 1 nitrogen and oxygen atoms in total. The number of aliphatic hydroxyl groups excluding tert-OH is 1. The lowest BCUT2D eigenvalue weighted by molar-refractivity contribution is 0.121. The van der Waals surface area contributed by atoms with E-state index in [4.69, 9.17) is 0 Å². The van der Waals surface area contributed by atoms with E-state index in [1.165, 1.54) is 17.5 Å². The Bertz CT molecular complexity index is 306. The van der Waals surface area contributed by atoms with Gasteiger partial charge in [-0.15, -0.1) is 0 Å². The third kappa shape index (κ3) is 1.69. The van der Waals surface area contributed by atoms with E-state index >= 15 is 0 Å². The van der Waals surface area contributed by atoms with Crippen molar-refractivity contribution in [1.29, 1.82) is 0 Å². The maximum atomic E-state index is 9.95. The molecule has 0 bridgehead atoms. The number of aliphatic hydroxyl groups is 1. The fourth-order valence-electron chi connectivity index (χ4n) is 2.26. The molecule has 0 aromatic heterocycles. The lowest BCUT2D eigenvalue weighted by atomic mass is 9.73. The smallest absolute Gasteiger partial charge is 0.0612 e. The van der Waals surface area contributed by atoms with E-state index in [0.29, 0.717) is 5.92 Å². The van der Waals surface area contributed by atoms with Crippen molar-refractivity contribution in [1.82, 2.24) is 0 Å². The summed E-state index contributed by atoms with van der Waals surface area (Å²) in [5.74, 6) is 0.415. The molecule has 1 heteroatoms. The zero-order valence-corrected chi connectivity index (χ0v) is 8.74. The van der Waals surface area contributed by atoms with E-state index in [1.807, 2.05) is 0 Å². The van der Waals surface area contributed by atoms with E-state index in [0.717, 1.165) is 19.3 Å². The van der Waals surface area contributed by atoms with Crippen molar-refractivity contribution in [2.75, 3.05) is 0 Å². The highest BCUT2D eigenvalue weighted by atomic mass is 16.3. The number of unbranched alkanes of at least 4 members (excludes halogenated alkanes) is 1. The summed E-state index contributed by atoms with van der Waals surface area (Å²) in [5.41, 5.74) is 2.80. The largest absolute Gasteiger partial charge is 0.392 e. The van der Waals surface area contributed by atoms with Gasteiger partial charge in [0.2, 0.25) is 0 Å². The summed E-state index contributed by atoms with van der Waals surface area (Å²) in [4.78, 5) is 0. The molecule has 0 radical (unpaired) electrons. The second-order valence-electron chi connectivity index (χ2n) is 4.22. The zero-order chi connectivity index (χ0) is 9.97. The lowest BCUT2D eigenvalue weighted by Gasteiger charge is -2.33. The highest BCUT2D eigenvalue weighted by molar-refractivity contribution is 5.40. The van der Waals surface area contributed by atoms with E-state index in [1.54, 1.807) is 0 Å². The molecule has 2 unspecified atom stereocenters. The van der Waals surface area contributed by atoms with Crippen LogP contribution in [0, 0.1) is 0 Å². The van der Waals surface area contributed by atoms with Gasteiger partial charge in [0.05, 0.1) is 6.10 Å². The molecule has 2 atom stereocenters. The molecule has 1 aliphatic carbocycles. The maximum Gasteiger partial charge on any atom is 0.0612 e. The van der Waals surface area contributed by atoms with Gasteiger partial charge in [-0.2, -0.15) is 0 Å². The molecule has 76 valence electrons. The first-order valence-electron chi connectivity index (χ1n) is 5.58. The van der Waals surface area contributed by atoms with Crippen LogP contribution in [-0.4, -0.2) is 11.2 Å². The average molecular weight is 190 g/mol. The summed E-state index contributed by atoms with van der Waals surface area (Å²) in [6.45, 7) is 2.17. The minimum atomic E-state index is -0.121. The van der Waals surface area contributed by atoms with Crippen molar-refractivity contribution in [3.8, 4) is 0 Å². The van der Waals surface area contributed by atoms with Crippen LogP contribution in [0.3, 0.4) is 0 Å². The van der Waals surface area contributed by atoms with Crippen molar-refractivity contribution in [2.45, 2.75) is 44.6 Å². The molecule has 14 heavy (non-hydrogen) atoms. The Labute approximate surface area is 85.8 Å². The number of hydrogen-bond donors (Lipinski definition) is 1. The third-order valence-corrected chi connectivity index (χ3v) is 3.21. The fraction of sp³-hybridized carbons (Fsp3) is 0.538. The van der Waals surface area contributed by atoms with Gasteiger partial charge >= 0.3 is 0 Å². The first kappa shape index (κ1) is 9.72. The van der Waals surface area contributed by atoms with Crippen LogP contribution < -0.4 is 0 Å². The molecule has 1 N–H and O–H groups in total. The number of hydrogen-bond acceptors (Lipinski definition) is 1.